The third kappa shape index (κ3) is 6.74. The molecule has 1 atom stereocenters. The number of benzene rings is 1. The van der Waals surface area contributed by atoms with Gasteiger partial charge in [-0.25, -0.2) is 4.79 Å². The van der Waals surface area contributed by atoms with Gasteiger partial charge in [0.2, 0.25) is 11.8 Å². The monoisotopic (exact) mass is 521 g/mol. The van der Waals surface area contributed by atoms with Gasteiger partial charge >= 0.3 is 5.97 Å². The van der Waals surface area contributed by atoms with Gasteiger partial charge in [-0.05, 0) is 48.4 Å². The summed E-state index contributed by atoms with van der Waals surface area (Å²) in [6.45, 7) is 0.809. The molecule has 10 heteroatoms. The minimum atomic E-state index is -1.10. The molecule has 1 fully saturated rings. The second-order valence-electron chi connectivity index (χ2n) is 7.88. The fraction of sp³-hybridized carbons (Fsp3) is 0.333. The lowest BCUT2D eigenvalue weighted by Gasteiger charge is -2.31. The molecule has 0 bridgehead atoms. The van der Waals surface area contributed by atoms with Gasteiger partial charge in [-0.15, -0.1) is 11.8 Å². The molecule has 1 unspecified atom stereocenters. The van der Waals surface area contributed by atoms with Crippen molar-refractivity contribution in [3.8, 4) is 0 Å². The Morgan fingerprint density at radius 1 is 1.24 bits per heavy atom. The molecule has 1 aliphatic heterocycles. The summed E-state index contributed by atoms with van der Waals surface area (Å²) in [5, 5.41) is 13.0. The van der Waals surface area contributed by atoms with Crippen molar-refractivity contribution in [1.82, 2.24) is 15.2 Å². The minimum Gasteiger partial charge on any atom is -0.480 e. The average molecular weight is 522 g/mol. The van der Waals surface area contributed by atoms with Gasteiger partial charge in [0.1, 0.15) is 6.04 Å². The Hall–Kier alpha value is -2.55. The fourth-order valence-corrected chi connectivity index (χ4v) is 4.88. The Labute approximate surface area is 212 Å². The minimum absolute atomic E-state index is 0.154. The molecule has 0 radical (unpaired) electrons. The van der Waals surface area contributed by atoms with Crippen LogP contribution >= 0.6 is 35.0 Å². The van der Waals surface area contributed by atoms with Crippen LogP contribution in [-0.4, -0.2) is 58.2 Å². The third-order valence-corrected chi connectivity index (χ3v) is 7.45. The number of hydrogen-bond acceptors (Lipinski definition) is 5. The summed E-state index contributed by atoms with van der Waals surface area (Å²) < 4.78 is 0. The highest BCUT2D eigenvalue weighted by Crippen LogP contribution is 2.35. The Morgan fingerprint density at radius 3 is 2.59 bits per heavy atom. The van der Waals surface area contributed by atoms with E-state index in [0.29, 0.717) is 41.5 Å². The van der Waals surface area contributed by atoms with E-state index in [-0.39, 0.29) is 24.2 Å². The predicted octanol–water partition coefficient (Wildman–Crippen LogP) is 4.17. The van der Waals surface area contributed by atoms with E-state index in [9.17, 15) is 19.5 Å². The van der Waals surface area contributed by atoms with Crippen LogP contribution in [0.5, 0.6) is 0 Å². The molecule has 2 heterocycles. The van der Waals surface area contributed by atoms with Crippen molar-refractivity contribution in [3.63, 3.8) is 0 Å². The van der Waals surface area contributed by atoms with Crippen LogP contribution in [0.3, 0.4) is 0 Å². The lowest BCUT2D eigenvalue weighted by molar-refractivity contribution is -0.142. The molecule has 2 aromatic rings. The largest absolute Gasteiger partial charge is 0.480 e. The van der Waals surface area contributed by atoms with Gasteiger partial charge in [0.15, 0.2) is 0 Å². The van der Waals surface area contributed by atoms with Crippen molar-refractivity contribution < 1.29 is 19.5 Å². The number of nitrogens with one attached hydrogen (secondary N) is 1. The number of likely N-dealkylation sites (tertiary alicyclic amines) is 1. The number of amides is 2. The van der Waals surface area contributed by atoms with Gasteiger partial charge in [-0.1, -0.05) is 35.3 Å². The van der Waals surface area contributed by atoms with E-state index in [1.807, 2.05) is 18.4 Å². The predicted molar refractivity (Wildman–Crippen MR) is 134 cm³/mol. The molecule has 0 aliphatic carbocycles. The Bertz CT molecular complexity index is 1070. The van der Waals surface area contributed by atoms with E-state index < -0.39 is 12.0 Å². The number of piperidine rings is 1. The molecule has 34 heavy (non-hydrogen) atoms. The number of thioether (sulfide) groups is 1. The number of rotatable bonds is 8. The Balaban J connectivity index is 1.53. The number of pyridine rings is 1. The molecule has 180 valence electrons. The SMILES string of the molecule is CSc1ccc(/C=C/C(=O)N2CCC(C(=O)NC(Cc3cccnc3)C(=O)O)CC2)c(Cl)c1Cl. The second kappa shape index (κ2) is 12.2. The highest BCUT2D eigenvalue weighted by atomic mass is 35.5. The number of carboxylic acids is 1. The molecule has 2 N–H and O–H groups in total. The smallest absolute Gasteiger partial charge is 0.326 e. The van der Waals surface area contributed by atoms with E-state index in [1.54, 1.807) is 35.5 Å². The topological polar surface area (TPSA) is 99.6 Å². The highest BCUT2D eigenvalue weighted by Gasteiger charge is 2.29. The summed E-state index contributed by atoms with van der Waals surface area (Å²) in [5.41, 5.74) is 1.38. The number of hydrogen-bond donors (Lipinski definition) is 2. The molecule has 1 aromatic heterocycles. The third-order valence-electron chi connectivity index (χ3n) is 5.66. The standard InChI is InChI=1S/C24H25Cl2N3O4S/c1-34-19-6-4-16(21(25)22(19)26)5-7-20(30)29-11-8-17(9-12-29)23(31)28-18(24(32)33)13-15-3-2-10-27-14-15/h2-7,10,14,17-18H,8-9,11-13H2,1H3,(H,28,31)(H,32,33)/b7-5+. The first-order chi connectivity index (χ1) is 16.3. The zero-order valence-electron chi connectivity index (χ0n) is 18.5. The van der Waals surface area contributed by atoms with Crippen molar-refractivity contribution in [2.24, 2.45) is 5.92 Å². The van der Waals surface area contributed by atoms with E-state index >= 15 is 0 Å². The van der Waals surface area contributed by atoms with Crippen LogP contribution in [0, 0.1) is 5.92 Å². The zero-order chi connectivity index (χ0) is 24.7. The first-order valence-corrected chi connectivity index (χ1v) is 12.7. The molecule has 0 saturated carbocycles. The van der Waals surface area contributed by atoms with Gasteiger partial charge in [0, 0.05) is 48.8 Å². The second-order valence-corrected chi connectivity index (χ2v) is 9.49. The van der Waals surface area contributed by atoms with Crippen LogP contribution in [-0.2, 0) is 20.8 Å². The first-order valence-electron chi connectivity index (χ1n) is 10.7. The summed E-state index contributed by atoms with van der Waals surface area (Å²) in [5.74, 6) is -1.94. The number of aliphatic carboxylic acids is 1. The van der Waals surface area contributed by atoms with E-state index in [4.69, 9.17) is 23.2 Å². The molecule has 1 aromatic carbocycles. The summed E-state index contributed by atoms with van der Waals surface area (Å²) in [7, 11) is 0. The summed E-state index contributed by atoms with van der Waals surface area (Å²) in [6.07, 6.45) is 9.25. The Kier molecular flexibility index (Phi) is 9.38. The average Bonchev–Trinajstić information content (AvgIpc) is 2.85. The fourth-order valence-electron chi connectivity index (χ4n) is 3.71. The molecule has 3 rings (SSSR count). The number of carbonyl (C=O) groups is 3. The number of halogens is 2. The van der Waals surface area contributed by atoms with Gasteiger partial charge in [0.25, 0.3) is 0 Å². The maximum atomic E-state index is 12.7. The maximum Gasteiger partial charge on any atom is 0.326 e. The summed E-state index contributed by atoms with van der Waals surface area (Å²) >= 11 is 14.0. The number of aromatic nitrogens is 1. The molecule has 1 saturated heterocycles. The Morgan fingerprint density at radius 2 is 1.97 bits per heavy atom. The van der Waals surface area contributed by atoms with Crippen molar-refractivity contribution in [2.45, 2.75) is 30.2 Å². The van der Waals surface area contributed by atoms with Gasteiger partial charge in [-0.3, -0.25) is 14.6 Å². The van der Waals surface area contributed by atoms with E-state index in [0.717, 1.165) is 10.5 Å². The molecule has 1 aliphatic rings. The van der Waals surface area contributed by atoms with Crippen LogP contribution in [0.1, 0.15) is 24.0 Å². The van der Waals surface area contributed by atoms with Crippen LogP contribution in [0.4, 0.5) is 0 Å². The molecule has 7 nitrogen and oxygen atoms in total. The van der Waals surface area contributed by atoms with Crippen molar-refractivity contribution in [1.29, 1.82) is 0 Å². The summed E-state index contributed by atoms with van der Waals surface area (Å²) in [6, 6.07) is 6.12. The number of carbonyl (C=O) groups excluding carboxylic acids is 2. The van der Waals surface area contributed by atoms with Crippen molar-refractivity contribution in [2.75, 3.05) is 19.3 Å². The summed E-state index contributed by atoms with van der Waals surface area (Å²) in [4.78, 5) is 43.4. The lowest BCUT2D eigenvalue weighted by atomic mass is 9.95. The van der Waals surface area contributed by atoms with Crippen LogP contribution in [0.2, 0.25) is 10.0 Å². The number of carboxylic acid groups (broad SMARTS) is 1. The number of nitrogens with zero attached hydrogens (tertiary/aromatic N) is 2. The molecule has 0 spiro atoms. The molecular formula is C24H25Cl2N3O4S. The van der Waals surface area contributed by atoms with Crippen LogP contribution in [0.15, 0.2) is 47.6 Å². The van der Waals surface area contributed by atoms with Gasteiger partial charge in [0.05, 0.1) is 10.0 Å². The first kappa shape index (κ1) is 26.1. The van der Waals surface area contributed by atoms with E-state index in [1.165, 1.54) is 17.8 Å². The maximum absolute atomic E-state index is 12.7. The quantitative estimate of drug-likeness (QED) is 0.399. The van der Waals surface area contributed by atoms with E-state index in [2.05, 4.69) is 10.3 Å². The van der Waals surface area contributed by atoms with Gasteiger partial charge in [-0.2, -0.15) is 0 Å². The van der Waals surface area contributed by atoms with Crippen molar-refractivity contribution >= 4 is 58.8 Å². The normalized spacial score (nSPS) is 15.3. The molecule has 2 amide bonds. The highest BCUT2D eigenvalue weighted by molar-refractivity contribution is 7.98. The lowest BCUT2D eigenvalue weighted by Crippen LogP contribution is -2.48. The zero-order valence-corrected chi connectivity index (χ0v) is 20.9. The van der Waals surface area contributed by atoms with Crippen LogP contribution in [0.25, 0.3) is 6.08 Å². The van der Waals surface area contributed by atoms with Crippen LogP contribution < -0.4 is 5.32 Å². The van der Waals surface area contributed by atoms with Crippen molar-refractivity contribution in [3.05, 3.63) is 63.9 Å². The molecular weight excluding hydrogens is 497 g/mol. The van der Waals surface area contributed by atoms with Gasteiger partial charge < -0.3 is 15.3 Å².